The molecular weight excluding hydrogens is 172 g/mol. The van der Waals surface area contributed by atoms with Gasteiger partial charge in [0.2, 0.25) is 0 Å². The lowest BCUT2D eigenvalue weighted by Gasteiger charge is -2.21. The zero-order valence-corrected chi connectivity index (χ0v) is 9.25. The molecule has 0 aliphatic rings. The van der Waals surface area contributed by atoms with Gasteiger partial charge in [-0.3, -0.25) is 0 Å². The predicted octanol–water partition coefficient (Wildman–Crippen LogP) is 1.94. The number of nitrogens with two attached hydrogens (primary N) is 2. The Morgan fingerprint density at radius 3 is 2.43 bits per heavy atom. The minimum absolute atomic E-state index is 0.0442. The minimum Gasteiger partial charge on any atom is -0.329 e. The van der Waals surface area contributed by atoms with Crippen LogP contribution < -0.4 is 11.5 Å². The predicted molar refractivity (Wildman–Crippen MR) is 61.1 cm³/mol. The van der Waals surface area contributed by atoms with Gasteiger partial charge in [-0.05, 0) is 16.5 Å². The van der Waals surface area contributed by atoms with Crippen LogP contribution in [0.25, 0.3) is 0 Å². The molecule has 78 valence electrons. The van der Waals surface area contributed by atoms with Crippen molar-refractivity contribution in [2.45, 2.75) is 32.2 Å². The zero-order chi connectivity index (χ0) is 10.8. The molecule has 0 saturated heterocycles. The molecular formula is C12H20N2. The lowest BCUT2D eigenvalue weighted by Crippen LogP contribution is -2.21. The summed E-state index contributed by atoms with van der Waals surface area (Å²) < 4.78 is 0. The minimum atomic E-state index is -0.0442. The van der Waals surface area contributed by atoms with Gasteiger partial charge in [0.1, 0.15) is 0 Å². The second-order valence-corrected chi connectivity index (χ2v) is 4.72. The van der Waals surface area contributed by atoms with E-state index in [1.807, 2.05) is 12.1 Å². The van der Waals surface area contributed by atoms with Crippen molar-refractivity contribution in [1.29, 1.82) is 0 Å². The topological polar surface area (TPSA) is 52.0 Å². The molecule has 2 nitrogen and oxygen atoms in total. The molecule has 0 aromatic heterocycles. The average Bonchev–Trinajstić information content (AvgIpc) is 2.15. The lowest BCUT2D eigenvalue weighted by atomic mass is 9.85. The zero-order valence-electron chi connectivity index (χ0n) is 9.25. The number of benzene rings is 1. The number of rotatable bonds is 2. The van der Waals surface area contributed by atoms with E-state index in [2.05, 4.69) is 32.9 Å². The van der Waals surface area contributed by atoms with Gasteiger partial charge in [-0.2, -0.15) is 0 Å². The SMILES string of the molecule is CC(C)(C)c1cccc([C@@H](N)CN)c1. The molecule has 2 heteroatoms. The Hall–Kier alpha value is -0.860. The molecule has 14 heavy (non-hydrogen) atoms. The second-order valence-electron chi connectivity index (χ2n) is 4.72. The van der Waals surface area contributed by atoms with Crippen molar-refractivity contribution in [1.82, 2.24) is 0 Å². The molecule has 0 bridgehead atoms. The van der Waals surface area contributed by atoms with Crippen LogP contribution in [0, 0.1) is 0 Å². The highest BCUT2D eigenvalue weighted by Crippen LogP contribution is 2.24. The van der Waals surface area contributed by atoms with Crippen LogP contribution in [-0.4, -0.2) is 6.54 Å². The van der Waals surface area contributed by atoms with E-state index >= 15 is 0 Å². The van der Waals surface area contributed by atoms with E-state index in [0.29, 0.717) is 6.54 Å². The Morgan fingerprint density at radius 2 is 1.93 bits per heavy atom. The largest absolute Gasteiger partial charge is 0.329 e. The van der Waals surface area contributed by atoms with E-state index in [1.165, 1.54) is 5.56 Å². The molecule has 0 spiro atoms. The molecule has 0 unspecified atom stereocenters. The van der Waals surface area contributed by atoms with E-state index in [0.717, 1.165) is 5.56 Å². The summed E-state index contributed by atoms with van der Waals surface area (Å²) in [5, 5.41) is 0. The smallest absolute Gasteiger partial charge is 0.0419 e. The quantitative estimate of drug-likeness (QED) is 0.752. The van der Waals surface area contributed by atoms with Crippen LogP contribution in [0.15, 0.2) is 24.3 Å². The van der Waals surface area contributed by atoms with Crippen molar-refractivity contribution < 1.29 is 0 Å². The molecule has 0 radical (unpaired) electrons. The standard InChI is InChI=1S/C12H20N2/c1-12(2,3)10-6-4-5-9(7-10)11(14)8-13/h4-7,11H,8,13-14H2,1-3H3/t11-/m0/s1. The number of hydrogen-bond donors (Lipinski definition) is 2. The molecule has 1 atom stereocenters. The van der Waals surface area contributed by atoms with Crippen molar-refractivity contribution in [2.24, 2.45) is 11.5 Å². The Bertz CT molecular complexity index is 299. The van der Waals surface area contributed by atoms with E-state index in [-0.39, 0.29) is 11.5 Å². The van der Waals surface area contributed by atoms with Crippen molar-refractivity contribution >= 4 is 0 Å². The molecule has 0 aliphatic carbocycles. The maximum Gasteiger partial charge on any atom is 0.0419 e. The van der Waals surface area contributed by atoms with E-state index < -0.39 is 0 Å². The van der Waals surface area contributed by atoms with Crippen LogP contribution in [0.1, 0.15) is 37.9 Å². The van der Waals surface area contributed by atoms with Gasteiger partial charge in [-0.25, -0.2) is 0 Å². The molecule has 0 amide bonds. The highest BCUT2D eigenvalue weighted by Gasteiger charge is 2.14. The van der Waals surface area contributed by atoms with Gasteiger partial charge >= 0.3 is 0 Å². The van der Waals surface area contributed by atoms with Crippen LogP contribution in [0.4, 0.5) is 0 Å². The number of hydrogen-bond acceptors (Lipinski definition) is 2. The normalized spacial score (nSPS) is 14.1. The lowest BCUT2D eigenvalue weighted by molar-refractivity contribution is 0.587. The molecule has 0 heterocycles. The van der Waals surface area contributed by atoms with E-state index in [1.54, 1.807) is 0 Å². The summed E-state index contributed by atoms with van der Waals surface area (Å²) in [7, 11) is 0. The Labute approximate surface area is 86.3 Å². The average molecular weight is 192 g/mol. The van der Waals surface area contributed by atoms with Gasteiger partial charge in [0, 0.05) is 12.6 Å². The van der Waals surface area contributed by atoms with Crippen molar-refractivity contribution in [3.63, 3.8) is 0 Å². The monoisotopic (exact) mass is 192 g/mol. The summed E-state index contributed by atoms with van der Waals surface area (Å²) in [6, 6.07) is 8.32. The summed E-state index contributed by atoms with van der Waals surface area (Å²) >= 11 is 0. The van der Waals surface area contributed by atoms with Crippen LogP contribution >= 0.6 is 0 Å². The van der Waals surface area contributed by atoms with Gasteiger partial charge in [-0.1, -0.05) is 45.0 Å². The summed E-state index contributed by atoms with van der Waals surface area (Å²) in [6.45, 7) is 7.08. The van der Waals surface area contributed by atoms with Crippen molar-refractivity contribution in [3.05, 3.63) is 35.4 Å². The maximum atomic E-state index is 5.88. The molecule has 0 aliphatic heterocycles. The fourth-order valence-electron chi connectivity index (χ4n) is 1.37. The van der Waals surface area contributed by atoms with Crippen molar-refractivity contribution in [2.75, 3.05) is 6.54 Å². The molecule has 1 rings (SSSR count). The van der Waals surface area contributed by atoms with Gasteiger partial charge in [0.05, 0.1) is 0 Å². The highest BCUT2D eigenvalue weighted by molar-refractivity contribution is 5.30. The molecule has 1 aromatic carbocycles. The van der Waals surface area contributed by atoms with E-state index in [9.17, 15) is 0 Å². The third kappa shape index (κ3) is 2.56. The van der Waals surface area contributed by atoms with Crippen molar-refractivity contribution in [3.8, 4) is 0 Å². The first kappa shape index (κ1) is 11.2. The van der Waals surface area contributed by atoms with E-state index in [4.69, 9.17) is 11.5 Å². The summed E-state index contributed by atoms with van der Waals surface area (Å²) in [5.74, 6) is 0. The first-order chi connectivity index (χ1) is 6.45. The first-order valence-electron chi connectivity index (χ1n) is 5.01. The van der Waals surface area contributed by atoms with Gasteiger partial charge in [0.25, 0.3) is 0 Å². The van der Waals surface area contributed by atoms with Crippen LogP contribution in [0.5, 0.6) is 0 Å². The first-order valence-corrected chi connectivity index (χ1v) is 5.01. The Morgan fingerprint density at radius 1 is 1.29 bits per heavy atom. The summed E-state index contributed by atoms with van der Waals surface area (Å²) in [4.78, 5) is 0. The second kappa shape index (κ2) is 4.11. The fraction of sp³-hybridized carbons (Fsp3) is 0.500. The molecule has 4 N–H and O–H groups in total. The molecule has 1 aromatic rings. The van der Waals surface area contributed by atoms with Gasteiger partial charge in [0.15, 0.2) is 0 Å². The Kier molecular flexibility index (Phi) is 3.29. The van der Waals surface area contributed by atoms with Crippen LogP contribution in [0.3, 0.4) is 0 Å². The van der Waals surface area contributed by atoms with Crippen LogP contribution in [-0.2, 0) is 5.41 Å². The fourth-order valence-corrected chi connectivity index (χ4v) is 1.37. The maximum absolute atomic E-state index is 5.88. The van der Waals surface area contributed by atoms with Gasteiger partial charge < -0.3 is 11.5 Å². The third-order valence-corrected chi connectivity index (χ3v) is 2.43. The van der Waals surface area contributed by atoms with Gasteiger partial charge in [-0.15, -0.1) is 0 Å². The summed E-state index contributed by atoms with van der Waals surface area (Å²) in [6.07, 6.45) is 0. The third-order valence-electron chi connectivity index (χ3n) is 2.43. The summed E-state index contributed by atoms with van der Waals surface area (Å²) in [5.41, 5.74) is 14.0. The molecule has 0 saturated carbocycles. The highest BCUT2D eigenvalue weighted by atomic mass is 14.7. The Balaban J connectivity index is 3.01. The molecule has 0 fully saturated rings. The van der Waals surface area contributed by atoms with Crippen LogP contribution in [0.2, 0.25) is 0 Å².